The van der Waals surface area contributed by atoms with Crippen LogP contribution in [0.15, 0.2) is 0 Å². The Morgan fingerprint density at radius 3 is 2.18 bits per heavy atom. The van der Waals surface area contributed by atoms with Gasteiger partial charge in [0.1, 0.15) is 17.5 Å². The van der Waals surface area contributed by atoms with Crippen molar-refractivity contribution >= 4 is 29.3 Å². The second-order valence-electron chi connectivity index (χ2n) is 19.5. The monoisotopic (exact) mass is 782 g/mol. The maximum atomic E-state index is 14.7. The molecule has 0 bridgehead atoms. The molecule has 312 valence electrons. The van der Waals surface area contributed by atoms with Gasteiger partial charge in [0, 0.05) is 43.4 Å². The largest absolute Gasteiger partial charge is 0.459 e. The predicted octanol–water partition coefficient (Wildman–Crippen LogP) is 7.54. The molecule has 6 unspecified atom stereocenters. The number of aromatic amines is 1. The van der Waals surface area contributed by atoms with Crippen LogP contribution in [-0.4, -0.2) is 102 Å². The molecule has 1 aliphatic heterocycles. The molecule has 2 aromatic rings. The summed E-state index contributed by atoms with van der Waals surface area (Å²) in [5.41, 5.74) is -0.922. The van der Waals surface area contributed by atoms with Gasteiger partial charge in [0.15, 0.2) is 5.65 Å². The molecule has 2 saturated carbocycles. The Balaban J connectivity index is 1.56. The van der Waals surface area contributed by atoms with E-state index < -0.39 is 23.6 Å². The number of esters is 1. The molecule has 2 aliphatic carbocycles. The minimum Gasteiger partial charge on any atom is -0.459 e. The van der Waals surface area contributed by atoms with Crippen molar-refractivity contribution in [2.45, 2.75) is 139 Å². The van der Waals surface area contributed by atoms with Crippen LogP contribution in [0.1, 0.15) is 130 Å². The molecule has 2 N–H and O–H groups in total. The maximum Gasteiger partial charge on any atom is 0.415 e. The quantitative estimate of drug-likeness (QED) is 0.194. The van der Waals surface area contributed by atoms with Crippen molar-refractivity contribution in [1.29, 1.82) is 0 Å². The van der Waals surface area contributed by atoms with Crippen molar-refractivity contribution in [2.24, 2.45) is 34.0 Å². The number of methoxy groups -OCH3 is 1. The van der Waals surface area contributed by atoms with Crippen LogP contribution in [0.25, 0.3) is 10.5 Å². The zero-order valence-corrected chi connectivity index (χ0v) is 35.7. The minimum atomic E-state index is -0.664. The molecule has 0 spiro atoms. The van der Waals surface area contributed by atoms with Gasteiger partial charge in [-0.25, -0.2) is 23.9 Å². The number of rotatable bonds is 9. The molecule has 14 heteroatoms. The summed E-state index contributed by atoms with van der Waals surface area (Å²) in [6.07, 6.45) is 2.14. The number of hydrogen-bond acceptors (Lipinski definition) is 9. The van der Waals surface area contributed by atoms with Crippen molar-refractivity contribution in [1.82, 2.24) is 24.8 Å². The zero-order chi connectivity index (χ0) is 41.3. The van der Waals surface area contributed by atoms with E-state index in [-0.39, 0.29) is 75.5 Å². The second kappa shape index (κ2) is 17.0. The summed E-state index contributed by atoms with van der Waals surface area (Å²) in [5, 5.41) is 6.54. The van der Waals surface area contributed by atoms with Crippen molar-refractivity contribution in [3.05, 3.63) is 22.8 Å². The minimum absolute atomic E-state index is 0.0331. The van der Waals surface area contributed by atoms with Crippen molar-refractivity contribution in [3.63, 3.8) is 0 Å². The zero-order valence-electron chi connectivity index (χ0n) is 35.7. The van der Waals surface area contributed by atoms with E-state index in [0.717, 1.165) is 12.8 Å². The van der Waals surface area contributed by atoms with Crippen LogP contribution in [0.4, 0.5) is 10.5 Å². The van der Waals surface area contributed by atoms with Crippen molar-refractivity contribution < 1.29 is 38.1 Å². The fraction of sp³-hybridized carbons (Fsp3) is 0.786. The number of aromatic nitrogens is 3. The lowest BCUT2D eigenvalue weighted by Gasteiger charge is -2.50. The first kappa shape index (κ1) is 43.5. The molecule has 14 nitrogen and oxygen atoms in total. The van der Waals surface area contributed by atoms with Crippen LogP contribution in [0.2, 0.25) is 0 Å². The number of ether oxygens (including phenoxy) is 5. The Morgan fingerprint density at radius 1 is 1.00 bits per heavy atom. The van der Waals surface area contributed by atoms with Crippen LogP contribution in [-0.2, 0) is 23.7 Å². The normalized spacial score (nSPS) is 27.1. The molecule has 2 amide bonds. The molecular formula is C42H66N6O8. The fourth-order valence-electron chi connectivity index (χ4n) is 8.67. The van der Waals surface area contributed by atoms with Crippen LogP contribution < -0.4 is 10.1 Å². The van der Waals surface area contributed by atoms with Gasteiger partial charge in [-0.1, -0.05) is 69.2 Å². The lowest BCUT2D eigenvalue weighted by molar-refractivity contribution is -0.132. The average Bonchev–Trinajstić information content (AvgIpc) is 3.66. The highest BCUT2D eigenvalue weighted by atomic mass is 16.6. The Bertz CT molecular complexity index is 1730. The highest BCUT2D eigenvalue weighted by molar-refractivity contribution is 6.05. The van der Waals surface area contributed by atoms with Gasteiger partial charge in [-0.05, 0) is 55.8 Å². The van der Waals surface area contributed by atoms with Gasteiger partial charge in [0.25, 0.3) is 5.69 Å². The first-order chi connectivity index (χ1) is 26.1. The van der Waals surface area contributed by atoms with E-state index in [2.05, 4.69) is 63.7 Å². The van der Waals surface area contributed by atoms with Crippen LogP contribution in [0.5, 0.6) is 5.88 Å². The van der Waals surface area contributed by atoms with E-state index in [4.69, 9.17) is 35.2 Å². The fourth-order valence-corrected chi connectivity index (χ4v) is 8.67. The summed E-state index contributed by atoms with van der Waals surface area (Å²) < 4.78 is 31.2. The maximum absolute atomic E-state index is 14.7. The molecule has 0 radical (unpaired) electrons. The lowest BCUT2D eigenvalue weighted by Crippen LogP contribution is -2.51. The first-order valence-corrected chi connectivity index (χ1v) is 20.4. The second-order valence-corrected chi connectivity index (χ2v) is 19.5. The summed E-state index contributed by atoms with van der Waals surface area (Å²) in [6, 6.07) is -0.330. The van der Waals surface area contributed by atoms with E-state index in [9.17, 15) is 14.4 Å². The van der Waals surface area contributed by atoms with E-state index >= 15 is 0 Å². The van der Waals surface area contributed by atoms with Gasteiger partial charge in [0.05, 0.1) is 44.6 Å². The third-order valence-electron chi connectivity index (χ3n) is 11.9. The van der Waals surface area contributed by atoms with E-state index in [1.54, 1.807) is 7.11 Å². The van der Waals surface area contributed by atoms with Crippen LogP contribution in [0.3, 0.4) is 0 Å². The van der Waals surface area contributed by atoms with Gasteiger partial charge in [-0.15, -0.1) is 0 Å². The highest BCUT2D eigenvalue weighted by Gasteiger charge is 2.49. The number of amides is 2. The number of carbonyl (C=O) groups excluding carboxylic acids is 3. The molecule has 2 aromatic heterocycles. The number of nitrogens with zero attached hydrogens (tertiary/aromatic N) is 4. The molecule has 3 fully saturated rings. The molecular weight excluding hydrogens is 716 g/mol. The lowest BCUT2D eigenvalue weighted by atomic mass is 9.59. The summed E-state index contributed by atoms with van der Waals surface area (Å²) >= 11 is 0. The van der Waals surface area contributed by atoms with Crippen molar-refractivity contribution in [3.8, 4) is 5.88 Å². The Morgan fingerprint density at radius 2 is 1.62 bits per heavy atom. The smallest absolute Gasteiger partial charge is 0.415 e. The number of H-pyrrole nitrogens is 1. The summed E-state index contributed by atoms with van der Waals surface area (Å²) in [6.45, 7) is 33.1. The van der Waals surface area contributed by atoms with Gasteiger partial charge in [-0.3, -0.25) is 9.89 Å². The standard InChI is InChI=1S/C42H66N6O8/c1-24-20-27(40(3,4)5)33(28(21-24)41(6,7)8)55-37(49)31-32(43-12)36(56-39(51)47-16-18-53-19-17-47)48-35(31)45-34(46-48)26-14-15-30(54-25(2)23-52-13)29(22-26)44-38(50)42(9,10)11/h24-30,33H,14-23H2,1-11,13H3,(H,44,50)(H,45,46). The predicted molar refractivity (Wildman–Crippen MR) is 212 cm³/mol. The average molecular weight is 783 g/mol. The number of nitrogens with one attached hydrogen (secondary N) is 2. The number of hydrogen-bond donors (Lipinski definition) is 2. The Labute approximate surface area is 332 Å². The molecule has 3 heterocycles. The summed E-state index contributed by atoms with van der Waals surface area (Å²) in [4.78, 5) is 51.8. The van der Waals surface area contributed by atoms with Gasteiger partial charge in [0.2, 0.25) is 11.8 Å². The molecule has 0 aromatic carbocycles. The number of fused-ring (bicyclic) bond motifs is 1. The summed E-state index contributed by atoms with van der Waals surface area (Å²) in [7, 11) is 1.63. The van der Waals surface area contributed by atoms with Crippen LogP contribution in [0, 0.1) is 40.6 Å². The molecule has 1 saturated heterocycles. The Hall–Kier alpha value is -3.67. The summed E-state index contributed by atoms with van der Waals surface area (Å²) in [5.74, 6) is 0.0970. The molecule has 3 aliphatic rings. The van der Waals surface area contributed by atoms with E-state index in [0.29, 0.717) is 63.9 Å². The first-order valence-electron chi connectivity index (χ1n) is 20.4. The SMILES string of the molecule is [C-]#[N+]c1c(C(=O)OC2C(C(C)(C)C)CC(C)CC2C(C)(C)C)c2nc(C3CCC(OC(C)COC)C(NC(=O)C(C)(C)C)C3)[nH]n2c1OC(=O)N1CCOCC1. The van der Waals surface area contributed by atoms with Gasteiger partial charge >= 0.3 is 12.1 Å². The molecule has 6 atom stereocenters. The number of carbonyl (C=O) groups is 3. The highest BCUT2D eigenvalue weighted by Crippen LogP contribution is 2.50. The van der Waals surface area contributed by atoms with E-state index in [1.165, 1.54) is 9.42 Å². The van der Waals surface area contributed by atoms with Crippen molar-refractivity contribution in [2.75, 3.05) is 40.0 Å². The third kappa shape index (κ3) is 9.71. The van der Waals surface area contributed by atoms with E-state index in [1.807, 2.05) is 27.7 Å². The third-order valence-corrected chi connectivity index (χ3v) is 11.9. The van der Waals surface area contributed by atoms with Crippen LogP contribution >= 0.6 is 0 Å². The Kier molecular flexibility index (Phi) is 13.2. The molecule has 5 rings (SSSR count). The van der Waals surface area contributed by atoms with Gasteiger partial charge < -0.3 is 33.9 Å². The van der Waals surface area contributed by atoms with Gasteiger partial charge in [-0.2, -0.15) is 0 Å². The number of morpholine rings is 1. The topological polar surface area (TPSA) is 150 Å². The molecule has 56 heavy (non-hydrogen) atoms.